The van der Waals surface area contributed by atoms with Crippen LogP contribution >= 0.6 is 0 Å². The summed E-state index contributed by atoms with van der Waals surface area (Å²) >= 11 is 0. The number of halogens is 3. The third-order valence-corrected chi connectivity index (χ3v) is 2.51. The van der Waals surface area contributed by atoms with Gasteiger partial charge in [-0.3, -0.25) is 4.79 Å². The van der Waals surface area contributed by atoms with Crippen LogP contribution in [0.3, 0.4) is 0 Å². The van der Waals surface area contributed by atoms with Crippen LogP contribution in [0, 0.1) is 6.92 Å². The molecule has 0 fully saturated rings. The molecule has 0 saturated heterocycles. The van der Waals surface area contributed by atoms with Gasteiger partial charge in [0.25, 0.3) is 5.91 Å². The summed E-state index contributed by atoms with van der Waals surface area (Å²) in [6.45, 7) is 1.97. The van der Waals surface area contributed by atoms with Crippen LogP contribution in [-0.2, 0) is 9.53 Å². The highest BCUT2D eigenvalue weighted by molar-refractivity contribution is 5.94. The summed E-state index contributed by atoms with van der Waals surface area (Å²) in [4.78, 5) is 13.3. The topological polar surface area (TPSA) is 29.5 Å². The summed E-state index contributed by atoms with van der Waals surface area (Å²) in [6, 6.07) is 7.19. The number of rotatable bonds is 5. The number of alkyl halides is 3. The molecule has 106 valence electrons. The number of ether oxygens (including phenoxy) is 1. The van der Waals surface area contributed by atoms with Gasteiger partial charge in [-0.1, -0.05) is 18.2 Å². The Balaban J connectivity index is 2.65. The number of carbonyl (C=O) groups excluding carboxylic acids is 1. The zero-order chi connectivity index (χ0) is 14.5. The van der Waals surface area contributed by atoms with Gasteiger partial charge in [0.2, 0.25) is 0 Å². The van der Waals surface area contributed by atoms with Gasteiger partial charge in [-0.05, 0) is 25.5 Å². The quantitative estimate of drug-likeness (QED) is 0.827. The zero-order valence-electron chi connectivity index (χ0n) is 10.8. The van der Waals surface area contributed by atoms with Crippen LogP contribution < -0.4 is 4.90 Å². The van der Waals surface area contributed by atoms with Gasteiger partial charge in [0.15, 0.2) is 0 Å². The van der Waals surface area contributed by atoms with Crippen LogP contribution in [0.4, 0.5) is 18.9 Å². The normalized spacial score (nSPS) is 11.4. The van der Waals surface area contributed by atoms with Crippen LogP contribution in [0.2, 0.25) is 0 Å². The average molecular weight is 275 g/mol. The van der Waals surface area contributed by atoms with Crippen molar-refractivity contribution in [3.63, 3.8) is 0 Å². The highest BCUT2D eigenvalue weighted by Crippen LogP contribution is 2.20. The van der Waals surface area contributed by atoms with E-state index in [1.54, 1.807) is 19.1 Å². The summed E-state index contributed by atoms with van der Waals surface area (Å²) in [5.74, 6) is -0.485. The highest BCUT2D eigenvalue weighted by atomic mass is 19.4. The fourth-order valence-corrected chi connectivity index (χ4v) is 1.68. The van der Waals surface area contributed by atoms with E-state index in [0.29, 0.717) is 12.2 Å². The van der Waals surface area contributed by atoms with Crippen LogP contribution in [-0.4, -0.2) is 31.8 Å². The average Bonchev–Trinajstić information content (AvgIpc) is 2.31. The summed E-state index contributed by atoms with van der Waals surface area (Å²) in [6.07, 6.45) is -4.42. The number of benzene rings is 1. The van der Waals surface area contributed by atoms with Gasteiger partial charge in [0.05, 0.1) is 0 Å². The van der Waals surface area contributed by atoms with Gasteiger partial charge in [0, 0.05) is 12.2 Å². The first-order chi connectivity index (χ1) is 8.85. The molecule has 0 aromatic heterocycles. The van der Waals surface area contributed by atoms with Crippen molar-refractivity contribution in [1.29, 1.82) is 0 Å². The Morgan fingerprint density at radius 3 is 2.47 bits per heavy atom. The molecule has 0 aliphatic carbocycles. The number of hydrogen-bond acceptors (Lipinski definition) is 2. The molecule has 0 saturated carbocycles. The second-order valence-electron chi connectivity index (χ2n) is 4.03. The highest BCUT2D eigenvalue weighted by Gasteiger charge is 2.28. The van der Waals surface area contributed by atoms with E-state index in [4.69, 9.17) is 0 Å². The van der Waals surface area contributed by atoms with E-state index in [-0.39, 0.29) is 0 Å². The number of para-hydroxylation sites is 1. The fourth-order valence-electron chi connectivity index (χ4n) is 1.68. The van der Waals surface area contributed by atoms with Gasteiger partial charge < -0.3 is 9.64 Å². The molecule has 0 aliphatic rings. The number of aryl methyl sites for hydroxylation is 1. The number of nitrogens with zero attached hydrogens (tertiary/aromatic N) is 1. The lowest BCUT2D eigenvalue weighted by Gasteiger charge is -2.23. The van der Waals surface area contributed by atoms with Gasteiger partial charge in [-0.15, -0.1) is 0 Å². The van der Waals surface area contributed by atoms with Crippen molar-refractivity contribution < 1.29 is 22.7 Å². The van der Waals surface area contributed by atoms with Gasteiger partial charge in [-0.25, -0.2) is 0 Å². The number of anilines is 1. The van der Waals surface area contributed by atoms with Gasteiger partial charge >= 0.3 is 6.18 Å². The molecular weight excluding hydrogens is 259 g/mol. The smallest absolute Gasteiger partial charge is 0.362 e. The monoisotopic (exact) mass is 275 g/mol. The molecule has 0 heterocycles. The first kappa shape index (κ1) is 15.5. The lowest BCUT2D eigenvalue weighted by molar-refractivity contribution is -0.175. The minimum atomic E-state index is -4.42. The van der Waals surface area contributed by atoms with E-state index in [1.807, 2.05) is 19.1 Å². The van der Waals surface area contributed by atoms with Crippen molar-refractivity contribution in [2.24, 2.45) is 0 Å². The van der Waals surface area contributed by atoms with E-state index < -0.39 is 25.3 Å². The number of amides is 1. The van der Waals surface area contributed by atoms with Crippen LogP contribution in [0.25, 0.3) is 0 Å². The summed E-state index contributed by atoms with van der Waals surface area (Å²) in [7, 11) is 0. The van der Waals surface area contributed by atoms with E-state index in [9.17, 15) is 18.0 Å². The zero-order valence-corrected chi connectivity index (χ0v) is 10.8. The summed E-state index contributed by atoms with van der Waals surface area (Å²) in [5, 5.41) is 0. The van der Waals surface area contributed by atoms with Crippen molar-refractivity contribution in [3.8, 4) is 0 Å². The summed E-state index contributed by atoms with van der Waals surface area (Å²) in [5.41, 5.74) is 1.57. The van der Waals surface area contributed by atoms with E-state index in [2.05, 4.69) is 4.74 Å². The number of likely N-dealkylation sites (N-methyl/N-ethyl adjacent to an activating group) is 1. The molecule has 1 amide bonds. The molecule has 1 aromatic carbocycles. The van der Waals surface area contributed by atoms with E-state index >= 15 is 0 Å². The Morgan fingerprint density at radius 2 is 1.95 bits per heavy atom. The lowest BCUT2D eigenvalue weighted by atomic mass is 10.2. The Hall–Kier alpha value is -1.56. The molecule has 0 aliphatic heterocycles. The molecule has 1 aromatic rings. The lowest BCUT2D eigenvalue weighted by Crippen LogP contribution is -2.35. The maximum absolute atomic E-state index is 11.9. The van der Waals surface area contributed by atoms with Crippen molar-refractivity contribution in [2.45, 2.75) is 20.0 Å². The largest absolute Gasteiger partial charge is 0.411 e. The van der Waals surface area contributed by atoms with Gasteiger partial charge in [-0.2, -0.15) is 13.2 Å². The predicted octanol–water partition coefficient (Wildman–Crippen LogP) is 2.93. The second-order valence-corrected chi connectivity index (χ2v) is 4.03. The van der Waals surface area contributed by atoms with E-state index in [1.165, 1.54) is 4.90 Å². The number of carbonyl (C=O) groups is 1. The van der Waals surface area contributed by atoms with Crippen molar-refractivity contribution in [2.75, 3.05) is 24.7 Å². The Kier molecular flexibility index (Phi) is 5.35. The minimum Gasteiger partial charge on any atom is -0.362 e. The predicted molar refractivity (Wildman–Crippen MR) is 66.1 cm³/mol. The van der Waals surface area contributed by atoms with Crippen LogP contribution in [0.15, 0.2) is 24.3 Å². The fraction of sp³-hybridized carbons (Fsp3) is 0.462. The molecule has 0 bridgehead atoms. The molecule has 1 rings (SSSR count). The first-order valence-corrected chi connectivity index (χ1v) is 5.85. The Labute approximate surface area is 110 Å². The van der Waals surface area contributed by atoms with E-state index in [0.717, 1.165) is 5.56 Å². The standard InChI is InChI=1S/C13H16F3NO2/c1-3-17(11-7-5-4-6-10(11)2)12(18)8-19-9-13(14,15)16/h4-7H,3,8-9H2,1-2H3. The second kappa shape index (κ2) is 6.56. The SMILES string of the molecule is CCN(C(=O)COCC(F)(F)F)c1ccccc1C. The van der Waals surface area contributed by atoms with Crippen LogP contribution in [0.1, 0.15) is 12.5 Å². The number of hydrogen-bond donors (Lipinski definition) is 0. The molecule has 0 N–H and O–H groups in total. The maximum atomic E-state index is 11.9. The minimum absolute atomic E-state index is 0.374. The Bertz CT molecular complexity index is 432. The van der Waals surface area contributed by atoms with Crippen molar-refractivity contribution in [1.82, 2.24) is 0 Å². The van der Waals surface area contributed by atoms with Crippen LogP contribution in [0.5, 0.6) is 0 Å². The molecular formula is C13H16F3NO2. The molecule has 0 unspecified atom stereocenters. The molecule has 0 spiro atoms. The molecule has 6 heteroatoms. The first-order valence-electron chi connectivity index (χ1n) is 5.85. The third-order valence-electron chi connectivity index (χ3n) is 2.51. The third kappa shape index (κ3) is 4.90. The maximum Gasteiger partial charge on any atom is 0.411 e. The molecule has 0 atom stereocenters. The molecule has 3 nitrogen and oxygen atoms in total. The van der Waals surface area contributed by atoms with Crippen molar-refractivity contribution >= 4 is 11.6 Å². The molecule has 19 heavy (non-hydrogen) atoms. The Morgan fingerprint density at radius 1 is 1.32 bits per heavy atom. The summed E-state index contributed by atoms with van der Waals surface area (Å²) < 4.78 is 40.2. The van der Waals surface area contributed by atoms with Gasteiger partial charge in [0.1, 0.15) is 13.2 Å². The molecule has 0 radical (unpaired) electrons. The van der Waals surface area contributed by atoms with Crippen molar-refractivity contribution in [3.05, 3.63) is 29.8 Å².